The van der Waals surface area contributed by atoms with Crippen LogP contribution in [0.15, 0.2) is 4.52 Å². The van der Waals surface area contributed by atoms with Crippen molar-refractivity contribution in [2.75, 3.05) is 6.61 Å². The molecule has 108 valence electrons. The molecule has 1 saturated heterocycles. The largest absolute Gasteiger partial charge is 0.378 e. The Balaban J connectivity index is 1.90. The fourth-order valence-electron chi connectivity index (χ4n) is 2.44. The first-order valence-corrected chi connectivity index (χ1v) is 7.41. The van der Waals surface area contributed by atoms with E-state index in [4.69, 9.17) is 15.0 Å². The van der Waals surface area contributed by atoms with Crippen LogP contribution in [-0.2, 0) is 16.7 Å². The van der Waals surface area contributed by atoms with Crippen LogP contribution in [0.1, 0.15) is 64.1 Å². The molecule has 2 N–H and O–H groups in total. The summed E-state index contributed by atoms with van der Waals surface area (Å²) in [5, 5.41) is 4.04. The van der Waals surface area contributed by atoms with Crippen molar-refractivity contribution < 1.29 is 9.26 Å². The number of ether oxygens (including phenoxy) is 1. The SMILES string of the molecule is CCC(N)(CC)c1noc(CCC2CCCCO2)n1. The van der Waals surface area contributed by atoms with Crippen molar-refractivity contribution in [2.24, 2.45) is 5.73 Å². The number of rotatable bonds is 6. The third kappa shape index (κ3) is 3.54. The highest BCUT2D eigenvalue weighted by Crippen LogP contribution is 2.23. The van der Waals surface area contributed by atoms with Gasteiger partial charge >= 0.3 is 0 Å². The molecule has 5 nitrogen and oxygen atoms in total. The Morgan fingerprint density at radius 1 is 1.32 bits per heavy atom. The van der Waals surface area contributed by atoms with Crippen LogP contribution in [0, 0.1) is 0 Å². The second-order valence-electron chi connectivity index (χ2n) is 5.40. The van der Waals surface area contributed by atoms with Gasteiger partial charge in [-0.3, -0.25) is 0 Å². The zero-order chi connectivity index (χ0) is 13.7. The first-order chi connectivity index (χ1) is 9.18. The molecule has 1 unspecified atom stereocenters. The minimum Gasteiger partial charge on any atom is -0.378 e. The quantitative estimate of drug-likeness (QED) is 0.857. The van der Waals surface area contributed by atoms with E-state index in [0.717, 1.165) is 38.7 Å². The number of nitrogens with zero attached hydrogens (tertiary/aromatic N) is 2. The lowest BCUT2D eigenvalue weighted by Crippen LogP contribution is -2.36. The van der Waals surface area contributed by atoms with E-state index >= 15 is 0 Å². The molecule has 2 rings (SSSR count). The Kier molecular flexibility index (Phi) is 4.93. The van der Waals surface area contributed by atoms with Crippen molar-refractivity contribution in [3.8, 4) is 0 Å². The van der Waals surface area contributed by atoms with Crippen LogP contribution in [0.2, 0.25) is 0 Å². The molecular weight excluding hydrogens is 242 g/mol. The van der Waals surface area contributed by atoms with E-state index < -0.39 is 5.54 Å². The van der Waals surface area contributed by atoms with Gasteiger partial charge in [0.1, 0.15) is 0 Å². The number of hydrogen-bond acceptors (Lipinski definition) is 5. The van der Waals surface area contributed by atoms with E-state index in [2.05, 4.69) is 24.0 Å². The van der Waals surface area contributed by atoms with Crippen LogP contribution in [0.3, 0.4) is 0 Å². The molecule has 0 saturated carbocycles. The molecule has 0 radical (unpaired) electrons. The Morgan fingerprint density at radius 3 is 2.74 bits per heavy atom. The highest BCUT2D eigenvalue weighted by atomic mass is 16.5. The highest BCUT2D eigenvalue weighted by Gasteiger charge is 2.29. The second kappa shape index (κ2) is 6.48. The molecule has 1 aromatic rings. The van der Waals surface area contributed by atoms with Crippen molar-refractivity contribution in [3.05, 3.63) is 11.7 Å². The Morgan fingerprint density at radius 2 is 2.11 bits per heavy atom. The molecule has 0 spiro atoms. The first kappa shape index (κ1) is 14.5. The van der Waals surface area contributed by atoms with Gasteiger partial charge < -0.3 is 15.0 Å². The molecule has 19 heavy (non-hydrogen) atoms. The van der Waals surface area contributed by atoms with Crippen LogP contribution < -0.4 is 5.73 Å². The number of hydrogen-bond donors (Lipinski definition) is 1. The maximum Gasteiger partial charge on any atom is 0.226 e. The second-order valence-corrected chi connectivity index (χ2v) is 5.40. The molecular formula is C14H25N3O2. The van der Waals surface area contributed by atoms with Gasteiger partial charge in [0, 0.05) is 13.0 Å². The monoisotopic (exact) mass is 267 g/mol. The summed E-state index contributed by atoms with van der Waals surface area (Å²) in [6.45, 7) is 4.99. The topological polar surface area (TPSA) is 74.2 Å². The van der Waals surface area contributed by atoms with Crippen molar-refractivity contribution in [3.63, 3.8) is 0 Å². The average Bonchev–Trinajstić information content (AvgIpc) is 2.95. The predicted octanol–water partition coefficient (Wildman–Crippen LogP) is 2.55. The molecule has 0 aliphatic carbocycles. The van der Waals surface area contributed by atoms with Crippen LogP contribution in [0.4, 0.5) is 0 Å². The van der Waals surface area contributed by atoms with Gasteiger partial charge in [-0.2, -0.15) is 4.98 Å². The summed E-state index contributed by atoms with van der Waals surface area (Å²) in [6, 6.07) is 0. The molecule has 0 bridgehead atoms. The van der Waals surface area contributed by atoms with Gasteiger partial charge in [0.25, 0.3) is 0 Å². The van der Waals surface area contributed by atoms with Gasteiger partial charge in [0.05, 0.1) is 11.6 Å². The van der Waals surface area contributed by atoms with E-state index in [0.29, 0.717) is 17.8 Å². The Bertz CT molecular complexity index is 382. The minimum atomic E-state index is -0.455. The summed E-state index contributed by atoms with van der Waals surface area (Å²) in [7, 11) is 0. The summed E-state index contributed by atoms with van der Waals surface area (Å²) in [5.41, 5.74) is 5.81. The van der Waals surface area contributed by atoms with Crippen LogP contribution >= 0.6 is 0 Å². The minimum absolute atomic E-state index is 0.351. The van der Waals surface area contributed by atoms with Gasteiger partial charge in [-0.1, -0.05) is 19.0 Å². The van der Waals surface area contributed by atoms with Gasteiger partial charge in [0.15, 0.2) is 5.82 Å². The van der Waals surface area contributed by atoms with Crippen molar-refractivity contribution in [2.45, 2.75) is 70.4 Å². The van der Waals surface area contributed by atoms with Gasteiger partial charge in [-0.05, 0) is 38.5 Å². The van der Waals surface area contributed by atoms with Crippen molar-refractivity contribution in [1.82, 2.24) is 10.1 Å². The van der Waals surface area contributed by atoms with Crippen LogP contribution in [0.5, 0.6) is 0 Å². The molecule has 1 fully saturated rings. The van der Waals surface area contributed by atoms with E-state index in [1.54, 1.807) is 0 Å². The first-order valence-electron chi connectivity index (χ1n) is 7.41. The standard InChI is InChI=1S/C14H25N3O2/c1-3-14(15,4-2)13-16-12(19-17-13)9-8-11-7-5-6-10-18-11/h11H,3-10,15H2,1-2H3. The molecule has 1 aromatic heterocycles. The van der Waals surface area contributed by atoms with Crippen molar-refractivity contribution >= 4 is 0 Å². The van der Waals surface area contributed by atoms with Crippen molar-refractivity contribution in [1.29, 1.82) is 0 Å². The molecule has 1 aliphatic heterocycles. The zero-order valence-electron chi connectivity index (χ0n) is 12.0. The summed E-state index contributed by atoms with van der Waals surface area (Å²) in [6.07, 6.45) is 7.30. The summed E-state index contributed by atoms with van der Waals surface area (Å²) >= 11 is 0. The lowest BCUT2D eigenvalue weighted by atomic mass is 9.93. The number of aryl methyl sites for hydroxylation is 1. The maximum atomic E-state index is 6.26. The Labute approximate surface area is 114 Å². The molecule has 2 heterocycles. The summed E-state index contributed by atoms with van der Waals surface area (Å²) < 4.78 is 11.0. The predicted molar refractivity (Wildman–Crippen MR) is 72.7 cm³/mol. The van der Waals surface area contributed by atoms with Gasteiger partial charge in [-0.15, -0.1) is 0 Å². The smallest absolute Gasteiger partial charge is 0.226 e. The van der Waals surface area contributed by atoms with E-state index in [-0.39, 0.29) is 0 Å². The lowest BCUT2D eigenvalue weighted by molar-refractivity contribution is 0.0104. The molecule has 5 heteroatoms. The molecule has 1 atom stereocenters. The van der Waals surface area contributed by atoms with E-state index in [1.807, 2.05) is 0 Å². The molecule has 0 aromatic carbocycles. The maximum absolute atomic E-state index is 6.26. The molecule has 0 amide bonds. The highest BCUT2D eigenvalue weighted by molar-refractivity contribution is 5.03. The van der Waals surface area contributed by atoms with Crippen LogP contribution in [0.25, 0.3) is 0 Å². The molecule has 1 aliphatic rings. The van der Waals surface area contributed by atoms with Crippen LogP contribution in [-0.4, -0.2) is 22.9 Å². The summed E-state index contributed by atoms with van der Waals surface area (Å²) in [5.74, 6) is 1.32. The average molecular weight is 267 g/mol. The number of aromatic nitrogens is 2. The van der Waals surface area contributed by atoms with E-state index in [9.17, 15) is 0 Å². The summed E-state index contributed by atoms with van der Waals surface area (Å²) in [4.78, 5) is 4.45. The number of nitrogens with two attached hydrogens (primary N) is 1. The fraction of sp³-hybridized carbons (Fsp3) is 0.857. The van der Waals surface area contributed by atoms with Gasteiger partial charge in [-0.25, -0.2) is 0 Å². The lowest BCUT2D eigenvalue weighted by Gasteiger charge is -2.22. The fourth-order valence-corrected chi connectivity index (χ4v) is 2.44. The zero-order valence-corrected chi connectivity index (χ0v) is 12.0. The Hall–Kier alpha value is -0.940. The van der Waals surface area contributed by atoms with Gasteiger partial charge in [0.2, 0.25) is 5.89 Å². The third-order valence-electron chi connectivity index (χ3n) is 4.13. The normalized spacial score (nSPS) is 20.7. The van der Waals surface area contributed by atoms with E-state index in [1.165, 1.54) is 12.8 Å². The third-order valence-corrected chi connectivity index (χ3v) is 4.13.